The van der Waals surface area contributed by atoms with Crippen molar-refractivity contribution in [2.75, 3.05) is 12.4 Å². The molecule has 1 saturated heterocycles. The quantitative estimate of drug-likeness (QED) is 0.822. The van der Waals surface area contributed by atoms with E-state index < -0.39 is 11.6 Å². The van der Waals surface area contributed by atoms with Crippen LogP contribution in [0.1, 0.15) is 32.0 Å². The zero-order valence-electron chi connectivity index (χ0n) is 9.51. The minimum atomic E-state index is -0.908. The van der Waals surface area contributed by atoms with Crippen molar-refractivity contribution in [2.24, 2.45) is 0 Å². The van der Waals surface area contributed by atoms with Crippen LogP contribution in [0, 0.1) is 0 Å². The Morgan fingerprint density at radius 1 is 1.59 bits per heavy atom. The lowest BCUT2D eigenvalue weighted by Gasteiger charge is -2.30. The van der Waals surface area contributed by atoms with Gasteiger partial charge in [-0.15, -0.1) is 0 Å². The van der Waals surface area contributed by atoms with Crippen LogP contribution in [0.3, 0.4) is 0 Å². The van der Waals surface area contributed by atoms with Gasteiger partial charge in [0, 0.05) is 6.61 Å². The Morgan fingerprint density at radius 3 is 3.06 bits per heavy atom. The average molecular weight is 258 g/mol. The van der Waals surface area contributed by atoms with E-state index in [9.17, 15) is 4.79 Å². The van der Waals surface area contributed by atoms with E-state index in [1.54, 1.807) is 0 Å². The molecule has 1 atom stereocenters. The van der Waals surface area contributed by atoms with Crippen LogP contribution in [-0.4, -0.2) is 33.6 Å². The number of aliphatic carboxylic acids is 1. The van der Waals surface area contributed by atoms with E-state index in [1.165, 1.54) is 0 Å². The third-order valence-corrected chi connectivity index (χ3v) is 3.47. The molecule has 2 rings (SSSR count). The van der Waals surface area contributed by atoms with Gasteiger partial charge in [-0.2, -0.15) is 4.98 Å². The third-order valence-electron chi connectivity index (χ3n) is 2.67. The van der Waals surface area contributed by atoms with Crippen LogP contribution in [0.4, 0.5) is 0 Å². The summed E-state index contributed by atoms with van der Waals surface area (Å²) in [6.07, 6.45) is 2.98. The SMILES string of the molecule is CC1(c2noc(SCC(=O)O)n2)CCCCO1. The molecular weight excluding hydrogens is 244 g/mol. The van der Waals surface area contributed by atoms with Crippen LogP contribution in [0.25, 0.3) is 0 Å². The van der Waals surface area contributed by atoms with Gasteiger partial charge in [0.25, 0.3) is 5.22 Å². The summed E-state index contributed by atoms with van der Waals surface area (Å²) in [7, 11) is 0. The summed E-state index contributed by atoms with van der Waals surface area (Å²) in [6.45, 7) is 2.63. The number of carboxylic acid groups (broad SMARTS) is 1. The number of hydrogen-bond donors (Lipinski definition) is 1. The molecule has 1 N–H and O–H groups in total. The van der Waals surface area contributed by atoms with Crippen LogP contribution in [-0.2, 0) is 15.1 Å². The molecule has 0 saturated carbocycles. The summed E-state index contributed by atoms with van der Waals surface area (Å²) in [5, 5.41) is 12.7. The largest absolute Gasteiger partial charge is 0.481 e. The number of aromatic nitrogens is 2. The van der Waals surface area contributed by atoms with Crippen LogP contribution in [0.2, 0.25) is 0 Å². The highest BCUT2D eigenvalue weighted by Gasteiger charge is 2.35. The fourth-order valence-electron chi connectivity index (χ4n) is 1.72. The van der Waals surface area contributed by atoms with Crippen molar-refractivity contribution in [2.45, 2.75) is 37.0 Å². The lowest BCUT2D eigenvalue weighted by Crippen LogP contribution is -2.31. The smallest absolute Gasteiger partial charge is 0.314 e. The molecule has 94 valence electrons. The van der Waals surface area contributed by atoms with Crippen molar-refractivity contribution >= 4 is 17.7 Å². The van der Waals surface area contributed by atoms with Crippen molar-refractivity contribution in [3.8, 4) is 0 Å². The highest BCUT2D eigenvalue weighted by atomic mass is 32.2. The predicted octanol–water partition coefficient (Wildman–Crippen LogP) is 1.66. The van der Waals surface area contributed by atoms with Gasteiger partial charge < -0.3 is 14.4 Å². The zero-order chi connectivity index (χ0) is 12.3. The summed E-state index contributed by atoms with van der Waals surface area (Å²) >= 11 is 1.02. The first-order chi connectivity index (χ1) is 8.10. The van der Waals surface area contributed by atoms with Crippen LogP contribution in [0.5, 0.6) is 0 Å². The van der Waals surface area contributed by atoms with Crippen molar-refractivity contribution in [3.05, 3.63) is 5.82 Å². The molecular formula is C10H14N2O4S. The Bertz CT molecular complexity index is 401. The lowest BCUT2D eigenvalue weighted by molar-refractivity contribution is -0.133. The Morgan fingerprint density at radius 2 is 2.41 bits per heavy atom. The summed E-state index contributed by atoms with van der Waals surface area (Å²) in [4.78, 5) is 14.6. The Kier molecular flexibility index (Phi) is 3.68. The van der Waals surface area contributed by atoms with Crippen LogP contribution < -0.4 is 0 Å². The first-order valence-corrected chi connectivity index (χ1v) is 6.41. The van der Waals surface area contributed by atoms with Crippen molar-refractivity contribution < 1.29 is 19.2 Å². The van der Waals surface area contributed by atoms with Gasteiger partial charge in [0.15, 0.2) is 0 Å². The van der Waals surface area contributed by atoms with Crippen molar-refractivity contribution in [3.63, 3.8) is 0 Å². The molecule has 1 aromatic heterocycles. The fraction of sp³-hybridized carbons (Fsp3) is 0.700. The van der Waals surface area contributed by atoms with E-state index in [-0.39, 0.29) is 11.0 Å². The molecule has 6 nitrogen and oxygen atoms in total. The molecule has 0 amide bonds. The van der Waals surface area contributed by atoms with E-state index in [2.05, 4.69) is 10.1 Å². The standard InChI is InChI=1S/C10H14N2O4S/c1-10(4-2-3-5-15-10)8-11-9(16-12-8)17-6-7(13)14/h2-6H2,1H3,(H,13,14). The van der Waals surface area contributed by atoms with Gasteiger partial charge in [-0.25, -0.2) is 0 Å². The number of hydrogen-bond acceptors (Lipinski definition) is 6. The second-order valence-electron chi connectivity index (χ2n) is 4.10. The Balaban J connectivity index is 2.03. The van der Waals surface area contributed by atoms with E-state index in [4.69, 9.17) is 14.4 Å². The average Bonchev–Trinajstić information content (AvgIpc) is 2.76. The van der Waals surface area contributed by atoms with Crippen molar-refractivity contribution in [1.29, 1.82) is 0 Å². The number of rotatable bonds is 4. The van der Waals surface area contributed by atoms with E-state index in [0.29, 0.717) is 12.4 Å². The second kappa shape index (κ2) is 5.05. The van der Waals surface area contributed by atoms with E-state index in [0.717, 1.165) is 31.0 Å². The van der Waals surface area contributed by atoms with Gasteiger partial charge >= 0.3 is 5.97 Å². The number of thioether (sulfide) groups is 1. The van der Waals surface area contributed by atoms with Crippen LogP contribution >= 0.6 is 11.8 Å². The first kappa shape index (κ1) is 12.4. The third kappa shape index (κ3) is 2.98. The maximum Gasteiger partial charge on any atom is 0.314 e. The fourth-order valence-corrected chi connectivity index (χ4v) is 2.20. The molecule has 7 heteroatoms. The molecule has 17 heavy (non-hydrogen) atoms. The minimum Gasteiger partial charge on any atom is -0.481 e. The minimum absolute atomic E-state index is 0.0841. The van der Waals surface area contributed by atoms with Gasteiger partial charge in [0.1, 0.15) is 11.4 Å². The monoisotopic (exact) mass is 258 g/mol. The Hall–Kier alpha value is -1.08. The number of carboxylic acids is 1. The van der Waals surface area contributed by atoms with Crippen LogP contribution in [0.15, 0.2) is 9.75 Å². The molecule has 0 spiro atoms. The van der Waals surface area contributed by atoms with Gasteiger partial charge in [-0.1, -0.05) is 16.9 Å². The predicted molar refractivity (Wildman–Crippen MR) is 59.8 cm³/mol. The zero-order valence-corrected chi connectivity index (χ0v) is 10.3. The van der Waals surface area contributed by atoms with Crippen molar-refractivity contribution in [1.82, 2.24) is 10.1 Å². The molecule has 0 aliphatic carbocycles. The summed E-state index contributed by atoms with van der Waals surface area (Å²) in [5.74, 6) is -0.487. The van der Waals surface area contributed by atoms with E-state index in [1.807, 2.05) is 6.92 Å². The number of carbonyl (C=O) groups is 1. The highest BCUT2D eigenvalue weighted by molar-refractivity contribution is 7.99. The normalized spacial score (nSPS) is 24.8. The van der Waals surface area contributed by atoms with Gasteiger partial charge in [-0.05, 0) is 26.2 Å². The molecule has 1 aliphatic heterocycles. The first-order valence-electron chi connectivity index (χ1n) is 5.43. The van der Waals surface area contributed by atoms with Gasteiger partial charge in [-0.3, -0.25) is 4.79 Å². The molecule has 0 bridgehead atoms. The Labute approximate surface area is 103 Å². The topological polar surface area (TPSA) is 85.5 Å². The summed E-state index contributed by atoms with van der Waals surface area (Å²) in [6, 6.07) is 0. The van der Waals surface area contributed by atoms with Gasteiger partial charge in [0.2, 0.25) is 5.82 Å². The second-order valence-corrected chi connectivity index (χ2v) is 5.03. The maximum absolute atomic E-state index is 10.4. The lowest BCUT2D eigenvalue weighted by atomic mass is 9.95. The highest BCUT2D eigenvalue weighted by Crippen LogP contribution is 2.33. The molecule has 1 aromatic rings. The molecule has 0 radical (unpaired) electrons. The maximum atomic E-state index is 10.4. The summed E-state index contributed by atoms with van der Waals surface area (Å²) in [5.41, 5.74) is -0.496. The molecule has 2 heterocycles. The molecule has 1 unspecified atom stereocenters. The molecule has 1 aliphatic rings. The van der Waals surface area contributed by atoms with E-state index >= 15 is 0 Å². The number of nitrogens with zero attached hydrogens (tertiary/aromatic N) is 2. The van der Waals surface area contributed by atoms with Gasteiger partial charge in [0.05, 0.1) is 0 Å². The number of ether oxygens (including phenoxy) is 1. The summed E-state index contributed by atoms with van der Waals surface area (Å²) < 4.78 is 10.7. The molecule has 1 fully saturated rings. The molecule has 0 aromatic carbocycles.